The van der Waals surface area contributed by atoms with Crippen molar-refractivity contribution in [1.82, 2.24) is 24.9 Å². The predicted molar refractivity (Wildman–Crippen MR) is 135 cm³/mol. The van der Waals surface area contributed by atoms with Gasteiger partial charge in [0.1, 0.15) is 6.10 Å². The van der Waals surface area contributed by atoms with Crippen molar-refractivity contribution in [2.45, 2.75) is 38.5 Å². The summed E-state index contributed by atoms with van der Waals surface area (Å²) in [7, 11) is 1.94. The fraction of sp³-hybridized carbons (Fsp3) is 0.565. The number of guanidine groups is 1. The van der Waals surface area contributed by atoms with E-state index >= 15 is 0 Å². The molecule has 2 saturated heterocycles. The Kier molecular flexibility index (Phi) is 9.15. The van der Waals surface area contributed by atoms with Gasteiger partial charge in [-0.25, -0.2) is 0 Å². The van der Waals surface area contributed by atoms with Crippen LogP contribution in [0.15, 0.2) is 47.7 Å². The first-order chi connectivity index (χ1) is 14.7. The number of morpholine rings is 1. The molecule has 0 amide bonds. The molecule has 2 aromatic rings. The molecule has 1 aromatic carbocycles. The highest BCUT2D eigenvalue weighted by Crippen LogP contribution is 2.23. The Bertz CT molecular complexity index is 826. The molecule has 2 aliphatic rings. The van der Waals surface area contributed by atoms with Gasteiger partial charge in [-0.1, -0.05) is 30.3 Å². The minimum atomic E-state index is 0. The van der Waals surface area contributed by atoms with E-state index in [1.165, 1.54) is 18.4 Å². The Labute approximate surface area is 202 Å². The van der Waals surface area contributed by atoms with Crippen LogP contribution in [0.4, 0.5) is 0 Å². The van der Waals surface area contributed by atoms with Crippen molar-refractivity contribution in [3.8, 4) is 0 Å². The van der Waals surface area contributed by atoms with Crippen molar-refractivity contribution in [3.05, 3.63) is 53.9 Å². The van der Waals surface area contributed by atoms with Crippen molar-refractivity contribution >= 4 is 29.9 Å². The Morgan fingerprint density at radius 2 is 2.10 bits per heavy atom. The molecule has 4 rings (SSSR count). The fourth-order valence-electron chi connectivity index (χ4n) is 4.40. The third-order valence-electron chi connectivity index (χ3n) is 5.98. The van der Waals surface area contributed by atoms with Crippen LogP contribution in [0.2, 0.25) is 0 Å². The first kappa shape index (κ1) is 24.0. The van der Waals surface area contributed by atoms with Gasteiger partial charge >= 0.3 is 0 Å². The second-order valence-corrected chi connectivity index (χ2v) is 8.20. The summed E-state index contributed by atoms with van der Waals surface area (Å²) in [5, 5.41) is 7.80. The number of aliphatic imine (C=N–C) groups is 1. The van der Waals surface area contributed by atoms with Crippen LogP contribution in [0.5, 0.6) is 0 Å². The van der Waals surface area contributed by atoms with Crippen molar-refractivity contribution in [3.63, 3.8) is 0 Å². The molecule has 0 bridgehead atoms. The number of nitrogens with zero attached hydrogens (tertiary/aromatic N) is 5. The molecule has 8 heteroatoms. The summed E-state index contributed by atoms with van der Waals surface area (Å²) in [6.07, 6.45) is 6.45. The van der Waals surface area contributed by atoms with Gasteiger partial charge in [0.05, 0.1) is 25.9 Å². The van der Waals surface area contributed by atoms with Gasteiger partial charge in [-0.2, -0.15) is 5.10 Å². The second-order valence-electron chi connectivity index (χ2n) is 8.20. The molecule has 2 fully saturated rings. The number of ether oxygens (including phenoxy) is 1. The van der Waals surface area contributed by atoms with Gasteiger partial charge in [-0.3, -0.25) is 14.6 Å². The van der Waals surface area contributed by atoms with Crippen LogP contribution in [-0.2, 0) is 18.3 Å². The zero-order chi connectivity index (χ0) is 20.8. The summed E-state index contributed by atoms with van der Waals surface area (Å²) in [5.41, 5.74) is 2.51. The summed E-state index contributed by atoms with van der Waals surface area (Å²) in [5.74, 6) is 1.00. The molecule has 7 nitrogen and oxygen atoms in total. The first-order valence-corrected chi connectivity index (χ1v) is 11.1. The van der Waals surface area contributed by atoms with Crippen molar-refractivity contribution < 1.29 is 4.74 Å². The van der Waals surface area contributed by atoms with Crippen LogP contribution in [0.25, 0.3) is 0 Å². The second kappa shape index (κ2) is 11.8. The molecule has 3 heterocycles. The molecule has 31 heavy (non-hydrogen) atoms. The molecule has 2 atom stereocenters. The highest BCUT2D eigenvalue weighted by molar-refractivity contribution is 14.0. The molecular formula is C23H35IN6O. The minimum Gasteiger partial charge on any atom is -0.370 e. The number of aryl methyl sites for hydroxylation is 1. The number of benzene rings is 1. The average molecular weight is 538 g/mol. The molecule has 1 N–H and O–H groups in total. The number of halogens is 1. The summed E-state index contributed by atoms with van der Waals surface area (Å²) < 4.78 is 7.84. The summed E-state index contributed by atoms with van der Waals surface area (Å²) in [4.78, 5) is 9.98. The summed E-state index contributed by atoms with van der Waals surface area (Å²) in [6.45, 7) is 8.37. The maximum atomic E-state index is 6.01. The standard InChI is InChI=1S/C23H34N6O.HI/c1-3-24-23(29-12-13-30-22(18-29)20-14-26-27(2)17-20)25-15-21-10-7-11-28(21)16-19-8-5-4-6-9-19;/h4-6,8-9,14,17,21-22H,3,7,10-13,15-16,18H2,1-2H3,(H,24,25);1H. The number of nitrogens with one attached hydrogen (secondary N) is 1. The van der Waals surface area contributed by atoms with E-state index in [0.29, 0.717) is 12.6 Å². The monoisotopic (exact) mass is 538 g/mol. The topological polar surface area (TPSA) is 57.9 Å². The quantitative estimate of drug-likeness (QED) is 0.348. The molecule has 2 aliphatic heterocycles. The Hall–Kier alpha value is -1.65. The Morgan fingerprint density at radius 1 is 1.26 bits per heavy atom. The number of aromatic nitrogens is 2. The van der Waals surface area contributed by atoms with Crippen LogP contribution in [0.1, 0.15) is 37.0 Å². The van der Waals surface area contributed by atoms with E-state index in [9.17, 15) is 0 Å². The normalized spacial score (nSPS) is 22.4. The van der Waals surface area contributed by atoms with E-state index in [-0.39, 0.29) is 30.1 Å². The van der Waals surface area contributed by atoms with Gasteiger partial charge in [-0.15, -0.1) is 24.0 Å². The van der Waals surface area contributed by atoms with Gasteiger partial charge in [0.2, 0.25) is 0 Å². The molecule has 0 radical (unpaired) electrons. The van der Waals surface area contributed by atoms with E-state index in [1.54, 1.807) is 0 Å². The third-order valence-corrected chi connectivity index (χ3v) is 5.98. The zero-order valence-corrected chi connectivity index (χ0v) is 20.9. The molecule has 2 unspecified atom stereocenters. The first-order valence-electron chi connectivity index (χ1n) is 11.1. The van der Waals surface area contributed by atoms with Crippen LogP contribution >= 0.6 is 24.0 Å². The van der Waals surface area contributed by atoms with E-state index in [1.807, 2.05) is 24.1 Å². The van der Waals surface area contributed by atoms with Crippen LogP contribution in [-0.4, -0.2) is 70.9 Å². The molecule has 170 valence electrons. The minimum absolute atomic E-state index is 0. The van der Waals surface area contributed by atoms with E-state index in [0.717, 1.165) is 50.8 Å². The molecule has 0 spiro atoms. The number of rotatable bonds is 6. The molecule has 1 aromatic heterocycles. The van der Waals surface area contributed by atoms with Gasteiger partial charge in [0.15, 0.2) is 5.96 Å². The largest absolute Gasteiger partial charge is 0.370 e. The lowest BCUT2D eigenvalue weighted by atomic mass is 10.1. The SMILES string of the molecule is CCNC(=NCC1CCCN1Cc1ccccc1)N1CCOC(c2cnn(C)c2)C1.I. The highest BCUT2D eigenvalue weighted by atomic mass is 127. The number of hydrogen-bond donors (Lipinski definition) is 1. The van der Waals surface area contributed by atoms with Crippen molar-refractivity contribution in [1.29, 1.82) is 0 Å². The smallest absolute Gasteiger partial charge is 0.194 e. The molecular weight excluding hydrogens is 503 g/mol. The van der Waals surface area contributed by atoms with Crippen LogP contribution in [0.3, 0.4) is 0 Å². The predicted octanol–water partition coefficient (Wildman–Crippen LogP) is 3.04. The van der Waals surface area contributed by atoms with Gasteiger partial charge < -0.3 is 15.0 Å². The zero-order valence-electron chi connectivity index (χ0n) is 18.6. The van der Waals surface area contributed by atoms with Gasteiger partial charge in [0, 0.05) is 44.5 Å². The van der Waals surface area contributed by atoms with Gasteiger partial charge in [-0.05, 0) is 31.9 Å². The summed E-state index contributed by atoms with van der Waals surface area (Å²) in [6, 6.07) is 11.3. The highest BCUT2D eigenvalue weighted by Gasteiger charge is 2.27. The number of hydrogen-bond acceptors (Lipinski definition) is 4. The maximum absolute atomic E-state index is 6.01. The van der Waals surface area contributed by atoms with E-state index in [2.05, 4.69) is 57.5 Å². The van der Waals surface area contributed by atoms with Crippen LogP contribution < -0.4 is 5.32 Å². The lowest BCUT2D eigenvalue weighted by Gasteiger charge is -2.35. The average Bonchev–Trinajstić information content (AvgIpc) is 3.41. The van der Waals surface area contributed by atoms with E-state index < -0.39 is 0 Å². The number of likely N-dealkylation sites (tertiary alicyclic amines) is 1. The van der Waals surface area contributed by atoms with Crippen molar-refractivity contribution in [2.24, 2.45) is 12.0 Å². The third kappa shape index (κ3) is 6.43. The summed E-state index contributed by atoms with van der Waals surface area (Å²) >= 11 is 0. The molecule has 0 saturated carbocycles. The van der Waals surface area contributed by atoms with E-state index in [4.69, 9.17) is 9.73 Å². The Balaban J connectivity index is 0.00000272. The molecule has 0 aliphatic carbocycles. The fourth-order valence-corrected chi connectivity index (χ4v) is 4.40. The lowest BCUT2D eigenvalue weighted by molar-refractivity contribution is -0.00807. The maximum Gasteiger partial charge on any atom is 0.194 e. The van der Waals surface area contributed by atoms with Crippen molar-refractivity contribution in [2.75, 3.05) is 39.3 Å². The Morgan fingerprint density at radius 3 is 2.84 bits per heavy atom. The lowest BCUT2D eigenvalue weighted by Crippen LogP contribution is -2.48. The van der Waals surface area contributed by atoms with Gasteiger partial charge in [0.25, 0.3) is 0 Å². The van der Waals surface area contributed by atoms with Crippen LogP contribution in [0, 0.1) is 0 Å².